The highest BCUT2D eigenvalue weighted by molar-refractivity contribution is 7.89. The van der Waals surface area contributed by atoms with Gasteiger partial charge >= 0.3 is 6.18 Å². The van der Waals surface area contributed by atoms with E-state index < -0.39 is 27.5 Å². The van der Waals surface area contributed by atoms with Gasteiger partial charge in [-0.1, -0.05) is 0 Å². The predicted molar refractivity (Wildman–Crippen MR) is 63.5 cm³/mol. The minimum Gasteiger partial charge on any atom is -0.369 e. The molecule has 108 valence electrons. The van der Waals surface area contributed by atoms with Gasteiger partial charge in [0.2, 0.25) is 10.0 Å². The van der Waals surface area contributed by atoms with Crippen molar-refractivity contribution in [1.82, 2.24) is 4.98 Å². The lowest BCUT2D eigenvalue weighted by molar-refractivity contribution is -0.137. The number of sulfonamides is 1. The number of nitrogen functional groups attached to an aromatic ring is 1. The van der Waals surface area contributed by atoms with E-state index in [1.807, 2.05) is 5.43 Å². The molecule has 7 nitrogen and oxygen atoms in total. The second-order valence-electron chi connectivity index (χ2n) is 3.56. The maximum atomic E-state index is 12.6. The van der Waals surface area contributed by atoms with Crippen molar-refractivity contribution in [1.29, 1.82) is 0 Å². The van der Waals surface area contributed by atoms with Gasteiger partial charge in [-0.2, -0.15) is 13.2 Å². The normalized spacial score (nSPS) is 12.3. The smallest absolute Gasteiger partial charge is 0.369 e. The van der Waals surface area contributed by atoms with Crippen LogP contribution in [0.2, 0.25) is 0 Å². The van der Waals surface area contributed by atoms with E-state index in [0.29, 0.717) is 0 Å². The molecule has 0 saturated heterocycles. The van der Waals surface area contributed by atoms with Crippen LogP contribution in [0.5, 0.6) is 0 Å². The molecule has 0 atom stereocenters. The number of alkyl halides is 3. The van der Waals surface area contributed by atoms with Crippen LogP contribution in [0.15, 0.2) is 12.1 Å². The fourth-order valence-electron chi connectivity index (χ4n) is 1.18. The van der Waals surface area contributed by atoms with Crippen LogP contribution in [0.25, 0.3) is 0 Å². The minimum atomic E-state index is -4.56. The maximum absolute atomic E-state index is 12.6. The number of hydrogen-bond donors (Lipinski definition) is 4. The Bertz CT molecular complexity index is 546. The first-order chi connectivity index (χ1) is 8.62. The molecule has 0 unspecified atom stereocenters. The third-order valence-electron chi connectivity index (χ3n) is 1.99. The standard InChI is InChI=1S/C8H12F3N5O2S/c9-8(10,11)5-3-6(15-7(4-5)16-12)14-1-2-19(13,17)18/h3-4H,1-2,12H2,(H2,13,17,18)(H2,14,15,16). The molecule has 0 bridgehead atoms. The topological polar surface area (TPSA) is 123 Å². The Morgan fingerprint density at radius 3 is 2.32 bits per heavy atom. The number of rotatable bonds is 5. The Balaban J connectivity index is 2.89. The average molecular weight is 299 g/mol. The highest BCUT2D eigenvalue weighted by Crippen LogP contribution is 2.31. The molecule has 0 aromatic carbocycles. The first-order valence-corrected chi connectivity index (χ1v) is 6.63. The first kappa shape index (κ1) is 15.5. The van der Waals surface area contributed by atoms with Crippen molar-refractivity contribution in [3.8, 4) is 0 Å². The van der Waals surface area contributed by atoms with E-state index in [1.165, 1.54) is 0 Å². The Kier molecular flexibility index (Phi) is 4.55. The highest BCUT2D eigenvalue weighted by atomic mass is 32.2. The third-order valence-corrected chi connectivity index (χ3v) is 2.77. The summed E-state index contributed by atoms with van der Waals surface area (Å²) >= 11 is 0. The second-order valence-corrected chi connectivity index (χ2v) is 5.30. The number of halogens is 3. The van der Waals surface area contributed by atoms with Gasteiger partial charge in [0.1, 0.15) is 11.6 Å². The van der Waals surface area contributed by atoms with Gasteiger partial charge in [-0.3, -0.25) is 0 Å². The molecular formula is C8H12F3N5O2S. The highest BCUT2D eigenvalue weighted by Gasteiger charge is 2.31. The number of anilines is 2. The van der Waals surface area contributed by atoms with Crippen LogP contribution < -0.4 is 21.7 Å². The van der Waals surface area contributed by atoms with Gasteiger partial charge in [0.25, 0.3) is 0 Å². The number of nitrogens with one attached hydrogen (secondary N) is 2. The van der Waals surface area contributed by atoms with Gasteiger partial charge in [-0.25, -0.2) is 24.4 Å². The lowest BCUT2D eigenvalue weighted by Crippen LogP contribution is -2.23. The molecule has 11 heteroatoms. The van der Waals surface area contributed by atoms with Crippen molar-refractivity contribution in [2.75, 3.05) is 23.0 Å². The largest absolute Gasteiger partial charge is 0.416 e. The van der Waals surface area contributed by atoms with Crippen LogP contribution in [-0.2, 0) is 16.2 Å². The van der Waals surface area contributed by atoms with E-state index in [2.05, 4.69) is 10.3 Å². The Morgan fingerprint density at radius 1 is 1.26 bits per heavy atom. The van der Waals surface area contributed by atoms with Gasteiger partial charge in [-0.15, -0.1) is 0 Å². The number of aromatic nitrogens is 1. The monoisotopic (exact) mass is 299 g/mol. The lowest BCUT2D eigenvalue weighted by atomic mass is 10.2. The molecule has 0 saturated carbocycles. The quantitative estimate of drug-likeness (QED) is 0.451. The Hall–Kier alpha value is -1.59. The number of primary sulfonamides is 1. The van der Waals surface area contributed by atoms with E-state index in [1.54, 1.807) is 0 Å². The SMILES string of the molecule is NNc1cc(C(F)(F)F)cc(NCCS(N)(=O)=O)n1. The lowest BCUT2D eigenvalue weighted by Gasteiger charge is -2.12. The summed E-state index contributed by atoms with van der Waals surface area (Å²) in [7, 11) is -3.70. The summed E-state index contributed by atoms with van der Waals surface area (Å²) in [6, 6.07) is 1.47. The summed E-state index contributed by atoms with van der Waals surface area (Å²) in [5.74, 6) is 4.21. The molecule has 0 radical (unpaired) electrons. The van der Waals surface area contributed by atoms with Crippen molar-refractivity contribution >= 4 is 21.7 Å². The molecule has 0 fully saturated rings. The molecule has 0 aliphatic carbocycles. The molecule has 1 aromatic rings. The fraction of sp³-hybridized carbons (Fsp3) is 0.375. The van der Waals surface area contributed by atoms with Gasteiger partial charge in [0, 0.05) is 6.54 Å². The van der Waals surface area contributed by atoms with Crippen LogP contribution in [-0.4, -0.2) is 25.7 Å². The summed E-state index contributed by atoms with van der Waals surface area (Å²) in [4.78, 5) is 3.70. The third kappa shape index (κ3) is 5.28. The molecule has 0 amide bonds. The molecule has 19 heavy (non-hydrogen) atoms. The zero-order chi connectivity index (χ0) is 14.7. The maximum Gasteiger partial charge on any atom is 0.416 e. The van der Waals surface area contributed by atoms with Crippen LogP contribution in [0, 0.1) is 0 Å². The average Bonchev–Trinajstić information content (AvgIpc) is 2.25. The Labute approximate surface area is 107 Å². The summed E-state index contributed by atoms with van der Waals surface area (Å²) in [6.45, 7) is -0.169. The van der Waals surface area contributed by atoms with Crippen molar-refractivity contribution in [3.05, 3.63) is 17.7 Å². The summed E-state index contributed by atoms with van der Waals surface area (Å²) in [5.41, 5.74) is 1.03. The molecule has 1 aromatic heterocycles. The van der Waals surface area contributed by atoms with Gasteiger partial charge in [0.15, 0.2) is 0 Å². The fourth-order valence-corrected chi connectivity index (χ4v) is 1.57. The van der Waals surface area contributed by atoms with Crippen LogP contribution in [0.1, 0.15) is 5.56 Å². The summed E-state index contributed by atoms with van der Waals surface area (Å²) in [5, 5.41) is 7.18. The zero-order valence-corrected chi connectivity index (χ0v) is 10.3. The van der Waals surface area contributed by atoms with E-state index in [0.717, 1.165) is 12.1 Å². The van der Waals surface area contributed by atoms with Gasteiger partial charge < -0.3 is 10.7 Å². The van der Waals surface area contributed by atoms with Gasteiger partial charge in [-0.05, 0) is 12.1 Å². The first-order valence-electron chi connectivity index (χ1n) is 4.92. The second kappa shape index (κ2) is 5.59. The predicted octanol–water partition coefficient (Wildman–Crippen LogP) is 0.0864. The number of nitrogens with zero attached hydrogens (tertiary/aromatic N) is 1. The van der Waals surface area contributed by atoms with Crippen LogP contribution in [0.4, 0.5) is 24.8 Å². The van der Waals surface area contributed by atoms with Crippen molar-refractivity contribution in [2.45, 2.75) is 6.18 Å². The molecule has 0 aliphatic rings. The van der Waals surface area contributed by atoms with E-state index in [-0.39, 0.29) is 18.2 Å². The molecule has 1 rings (SSSR count). The van der Waals surface area contributed by atoms with Crippen LogP contribution >= 0.6 is 0 Å². The molecule has 1 heterocycles. The van der Waals surface area contributed by atoms with Crippen LogP contribution in [0.3, 0.4) is 0 Å². The van der Waals surface area contributed by atoms with Crippen molar-refractivity contribution in [3.63, 3.8) is 0 Å². The van der Waals surface area contributed by atoms with Gasteiger partial charge in [0.05, 0.1) is 11.3 Å². The zero-order valence-electron chi connectivity index (χ0n) is 9.53. The molecule has 6 N–H and O–H groups in total. The van der Waals surface area contributed by atoms with E-state index in [9.17, 15) is 21.6 Å². The molecular weight excluding hydrogens is 287 g/mol. The molecule has 0 spiro atoms. The molecule has 0 aliphatic heterocycles. The number of nitrogens with two attached hydrogens (primary N) is 2. The number of hydrazine groups is 1. The number of pyridine rings is 1. The Morgan fingerprint density at radius 2 is 1.84 bits per heavy atom. The van der Waals surface area contributed by atoms with Crippen molar-refractivity contribution < 1.29 is 21.6 Å². The van der Waals surface area contributed by atoms with E-state index >= 15 is 0 Å². The minimum absolute atomic E-state index is 0.161. The summed E-state index contributed by atoms with van der Waals surface area (Å²) < 4.78 is 59.0. The summed E-state index contributed by atoms with van der Waals surface area (Å²) in [6.07, 6.45) is -4.56. The van der Waals surface area contributed by atoms with Crippen molar-refractivity contribution in [2.24, 2.45) is 11.0 Å². The number of hydrogen-bond acceptors (Lipinski definition) is 6. The van der Waals surface area contributed by atoms with E-state index in [4.69, 9.17) is 11.0 Å².